The molecule has 2 rings (SSSR count). The molecule has 0 atom stereocenters. The summed E-state index contributed by atoms with van der Waals surface area (Å²) < 4.78 is 1.25. The topological polar surface area (TPSA) is 75.5 Å². The largest absolute Gasteiger partial charge is 0.331 e. The molecule has 0 aliphatic rings. The summed E-state index contributed by atoms with van der Waals surface area (Å²) in [6, 6.07) is 10.4. The molecule has 0 aromatic heterocycles. The summed E-state index contributed by atoms with van der Waals surface area (Å²) in [5.74, 6) is 0. The fraction of sp³-hybridized carbons (Fsp3) is 0.0714. The van der Waals surface area contributed by atoms with Crippen LogP contribution >= 0.6 is 35.1 Å². The van der Waals surface area contributed by atoms with Gasteiger partial charge < -0.3 is 5.32 Å². The average Bonchev–Trinajstić information content (AvgIpc) is 2.51. The first-order valence-corrected chi connectivity index (χ1v) is 7.82. The van der Waals surface area contributed by atoms with Crippen LogP contribution < -0.4 is 5.32 Å². The van der Waals surface area contributed by atoms with Gasteiger partial charge in [-0.15, -0.1) is 0 Å². The molecule has 2 amide bonds. The molecule has 9 heteroatoms. The van der Waals surface area contributed by atoms with Crippen molar-refractivity contribution >= 4 is 52.6 Å². The van der Waals surface area contributed by atoms with E-state index >= 15 is 0 Å². The third-order valence-electron chi connectivity index (χ3n) is 2.75. The number of anilines is 1. The van der Waals surface area contributed by atoms with Crippen LogP contribution in [0.15, 0.2) is 47.4 Å². The van der Waals surface area contributed by atoms with E-state index in [1.807, 2.05) is 0 Å². The molecule has 0 fully saturated rings. The van der Waals surface area contributed by atoms with Crippen LogP contribution in [-0.2, 0) is 0 Å². The third kappa shape index (κ3) is 4.51. The maximum atomic E-state index is 12.1. The molecular weight excluding hydrogens is 361 g/mol. The Bertz CT molecular complexity index is 758. The van der Waals surface area contributed by atoms with Crippen molar-refractivity contribution in [2.45, 2.75) is 4.90 Å². The third-order valence-corrected chi connectivity index (χ3v) is 4.47. The Labute approximate surface area is 146 Å². The molecule has 0 radical (unpaired) electrons. The average molecular weight is 372 g/mol. The lowest BCUT2D eigenvalue weighted by atomic mass is 10.3. The van der Waals surface area contributed by atoms with Gasteiger partial charge in [-0.2, -0.15) is 0 Å². The van der Waals surface area contributed by atoms with Crippen LogP contribution in [0.4, 0.5) is 16.2 Å². The summed E-state index contributed by atoms with van der Waals surface area (Å²) in [4.78, 5) is 23.0. The minimum atomic E-state index is -0.493. The summed E-state index contributed by atoms with van der Waals surface area (Å²) in [5.41, 5.74) is 0.408. The number of nitro groups is 1. The zero-order valence-corrected chi connectivity index (χ0v) is 14.2. The first-order chi connectivity index (χ1) is 10.9. The van der Waals surface area contributed by atoms with E-state index < -0.39 is 11.0 Å². The molecule has 0 spiro atoms. The minimum Gasteiger partial charge on any atom is -0.307 e. The van der Waals surface area contributed by atoms with Gasteiger partial charge in [0.15, 0.2) is 0 Å². The van der Waals surface area contributed by atoms with Gasteiger partial charge in [0.1, 0.15) is 4.90 Å². The van der Waals surface area contributed by atoms with Gasteiger partial charge in [0, 0.05) is 18.8 Å². The molecule has 2 aromatic rings. The molecule has 120 valence electrons. The van der Waals surface area contributed by atoms with Crippen LogP contribution in [0.3, 0.4) is 0 Å². The number of nitro benzene ring substituents is 1. The fourth-order valence-electron chi connectivity index (χ4n) is 1.65. The van der Waals surface area contributed by atoms with E-state index in [0.717, 1.165) is 11.9 Å². The zero-order valence-electron chi connectivity index (χ0n) is 11.8. The lowest BCUT2D eigenvalue weighted by molar-refractivity contribution is -0.387. The van der Waals surface area contributed by atoms with Crippen LogP contribution in [0.1, 0.15) is 0 Å². The smallest absolute Gasteiger partial charge is 0.307 e. The predicted molar refractivity (Wildman–Crippen MR) is 92.2 cm³/mol. The van der Waals surface area contributed by atoms with E-state index in [-0.39, 0.29) is 5.69 Å². The number of nitrogens with one attached hydrogen (secondary N) is 1. The SMILES string of the molecule is CN(Sc1ccccc1[N+](=O)[O-])C(=O)Nc1ccc(Cl)c(Cl)c1. The minimum absolute atomic E-state index is 0.0633. The highest BCUT2D eigenvalue weighted by atomic mass is 35.5. The van der Waals surface area contributed by atoms with Crippen LogP contribution in [0, 0.1) is 10.1 Å². The van der Waals surface area contributed by atoms with E-state index in [1.54, 1.807) is 30.3 Å². The summed E-state index contributed by atoms with van der Waals surface area (Å²) in [6.45, 7) is 0. The first kappa shape index (κ1) is 17.4. The summed E-state index contributed by atoms with van der Waals surface area (Å²) >= 11 is 12.7. The maximum absolute atomic E-state index is 12.1. The Morgan fingerprint density at radius 3 is 2.57 bits per heavy atom. The molecule has 0 bridgehead atoms. The number of halogens is 2. The number of carbonyl (C=O) groups excluding carboxylic acids is 1. The molecule has 6 nitrogen and oxygen atoms in total. The lowest BCUT2D eigenvalue weighted by Crippen LogP contribution is -2.25. The van der Waals surface area contributed by atoms with E-state index in [2.05, 4.69) is 5.32 Å². The van der Waals surface area contributed by atoms with Crippen molar-refractivity contribution in [2.24, 2.45) is 0 Å². The van der Waals surface area contributed by atoms with Crippen molar-refractivity contribution < 1.29 is 9.72 Å². The number of rotatable bonds is 4. The van der Waals surface area contributed by atoms with Crippen molar-refractivity contribution in [2.75, 3.05) is 12.4 Å². The number of urea groups is 1. The van der Waals surface area contributed by atoms with Crippen LogP contribution in [-0.4, -0.2) is 22.3 Å². The van der Waals surface area contributed by atoms with Crippen molar-refractivity contribution in [3.8, 4) is 0 Å². The van der Waals surface area contributed by atoms with Gasteiger partial charge in [-0.1, -0.05) is 35.3 Å². The highest BCUT2D eigenvalue weighted by Gasteiger charge is 2.18. The van der Waals surface area contributed by atoms with E-state index in [9.17, 15) is 14.9 Å². The normalized spacial score (nSPS) is 10.2. The molecule has 0 aliphatic carbocycles. The molecule has 0 unspecified atom stereocenters. The van der Waals surface area contributed by atoms with Crippen LogP contribution in [0.5, 0.6) is 0 Å². The van der Waals surface area contributed by atoms with E-state index in [1.165, 1.54) is 23.5 Å². The second-order valence-corrected chi connectivity index (χ2v) is 6.36. The zero-order chi connectivity index (χ0) is 17.0. The summed E-state index contributed by atoms with van der Waals surface area (Å²) in [6.07, 6.45) is 0. The van der Waals surface area contributed by atoms with Crippen LogP contribution in [0.25, 0.3) is 0 Å². The van der Waals surface area contributed by atoms with Crippen molar-refractivity contribution in [3.63, 3.8) is 0 Å². The number of hydrogen-bond acceptors (Lipinski definition) is 4. The van der Waals surface area contributed by atoms with Gasteiger partial charge in [0.05, 0.1) is 15.0 Å². The summed E-state index contributed by atoms with van der Waals surface area (Å²) in [7, 11) is 1.51. The van der Waals surface area contributed by atoms with Crippen molar-refractivity contribution in [1.82, 2.24) is 4.31 Å². The van der Waals surface area contributed by atoms with Gasteiger partial charge in [0.25, 0.3) is 5.69 Å². The lowest BCUT2D eigenvalue weighted by Gasteiger charge is -2.16. The van der Waals surface area contributed by atoms with Crippen LogP contribution in [0.2, 0.25) is 10.0 Å². The Hall–Kier alpha value is -1.96. The molecular formula is C14H11Cl2N3O3S. The number of benzene rings is 2. The Morgan fingerprint density at radius 1 is 1.22 bits per heavy atom. The molecule has 0 heterocycles. The summed E-state index contributed by atoms with van der Waals surface area (Å²) in [5, 5.41) is 14.3. The molecule has 23 heavy (non-hydrogen) atoms. The van der Waals surface area contributed by atoms with Gasteiger partial charge in [-0.05, 0) is 36.2 Å². The Balaban J connectivity index is 2.08. The highest BCUT2D eigenvalue weighted by Crippen LogP contribution is 2.31. The van der Waals surface area contributed by atoms with Gasteiger partial charge in [0.2, 0.25) is 0 Å². The van der Waals surface area contributed by atoms with Gasteiger partial charge in [-0.3, -0.25) is 14.4 Å². The maximum Gasteiger partial charge on any atom is 0.331 e. The van der Waals surface area contributed by atoms with Crippen molar-refractivity contribution in [1.29, 1.82) is 0 Å². The Kier molecular flexibility index (Phi) is 5.70. The standard InChI is InChI=1S/C14H11Cl2N3O3S/c1-18(23-13-5-3-2-4-12(13)19(21)22)14(20)17-9-6-7-10(15)11(16)8-9/h2-8H,1H3,(H,17,20). The van der Waals surface area contributed by atoms with Gasteiger partial charge in [-0.25, -0.2) is 4.79 Å². The number of para-hydroxylation sites is 1. The number of amides is 2. The molecule has 1 N–H and O–H groups in total. The van der Waals surface area contributed by atoms with E-state index in [0.29, 0.717) is 20.6 Å². The number of nitrogens with zero attached hydrogens (tertiary/aromatic N) is 2. The quantitative estimate of drug-likeness (QED) is 0.462. The molecule has 0 aliphatic heterocycles. The fourth-order valence-corrected chi connectivity index (χ4v) is 2.75. The molecule has 0 saturated heterocycles. The Morgan fingerprint density at radius 2 is 1.91 bits per heavy atom. The second kappa shape index (κ2) is 7.54. The molecule has 0 saturated carbocycles. The molecule has 2 aromatic carbocycles. The monoisotopic (exact) mass is 371 g/mol. The number of carbonyl (C=O) groups is 1. The first-order valence-electron chi connectivity index (χ1n) is 6.29. The number of hydrogen-bond donors (Lipinski definition) is 1. The van der Waals surface area contributed by atoms with Gasteiger partial charge >= 0.3 is 6.03 Å². The van der Waals surface area contributed by atoms with E-state index in [4.69, 9.17) is 23.2 Å². The predicted octanol–water partition coefficient (Wildman–Crippen LogP) is 5.07. The highest BCUT2D eigenvalue weighted by molar-refractivity contribution is 7.97. The second-order valence-electron chi connectivity index (χ2n) is 4.37. The van der Waals surface area contributed by atoms with Crippen molar-refractivity contribution in [3.05, 3.63) is 62.6 Å².